The second kappa shape index (κ2) is 4.98. The van der Waals surface area contributed by atoms with Gasteiger partial charge in [-0.2, -0.15) is 4.98 Å². The van der Waals surface area contributed by atoms with Crippen LogP contribution in [-0.4, -0.2) is 23.2 Å². The number of benzene rings is 1. The van der Waals surface area contributed by atoms with Crippen LogP contribution in [0.3, 0.4) is 0 Å². The summed E-state index contributed by atoms with van der Waals surface area (Å²) in [5.74, 6) is 0.831. The molecule has 0 unspecified atom stereocenters. The largest absolute Gasteiger partial charge is 0.338 e. The summed E-state index contributed by atoms with van der Waals surface area (Å²) in [6.45, 7) is 5.89. The lowest BCUT2D eigenvalue weighted by Gasteiger charge is -2.30. The van der Waals surface area contributed by atoms with E-state index in [1.54, 1.807) is 0 Å². The molecule has 5 heteroatoms. The first-order valence-corrected chi connectivity index (χ1v) is 6.89. The summed E-state index contributed by atoms with van der Waals surface area (Å²) in [4.78, 5) is 4.49. The van der Waals surface area contributed by atoms with Gasteiger partial charge in [-0.05, 0) is 56.6 Å². The lowest BCUT2D eigenvalue weighted by Crippen LogP contribution is -2.37. The molecule has 4 nitrogen and oxygen atoms in total. The van der Waals surface area contributed by atoms with E-state index in [2.05, 4.69) is 22.4 Å². The van der Waals surface area contributed by atoms with Crippen molar-refractivity contribution in [1.29, 1.82) is 0 Å². The molecule has 106 valence electrons. The lowest BCUT2D eigenvalue weighted by atomic mass is 9.81. The Morgan fingerprint density at radius 3 is 2.70 bits per heavy atom. The van der Waals surface area contributed by atoms with Crippen molar-refractivity contribution in [3.8, 4) is 11.4 Å². The molecule has 0 radical (unpaired) electrons. The molecule has 0 bridgehead atoms. The maximum absolute atomic E-state index is 13.5. The highest BCUT2D eigenvalue weighted by Gasteiger charge is 2.34. The molecule has 1 aliphatic rings. The average Bonchev–Trinajstić information content (AvgIpc) is 2.89. The number of hydrogen-bond acceptors (Lipinski definition) is 4. The number of nitrogens with zero attached hydrogens (tertiary/aromatic N) is 2. The van der Waals surface area contributed by atoms with Gasteiger partial charge in [0.2, 0.25) is 11.7 Å². The molecule has 1 aromatic carbocycles. The van der Waals surface area contributed by atoms with Crippen molar-refractivity contribution < 1.29 is 8.91 Å². The van der Waals surface area contributed by atoms with Crippen LogP contribution in [0.2, 0.25) is 0 Å². The molecular formula is C15H18FN3O. The number of hydrogen-bond donors (Lipinski definition) is 1. The number of halogens is 1. The zero-order valence-corrected chi connectivity index (χ0v) is 11.7. The Labute approximate surface area is 117 Å². The zero-order chi connectivity index (χ0) is 14.2. The summed E-state index contributed by atoms with van der Waals surface area (Å²) in [5.41, 5.74) is 1.42. The first kappa shape index (κ1) is 13.2. The molecule has 3 rings (SSSR count). The smallest absolute Gasteiger partial charge is 0.232 e. The van der Waals surface area contributed by atoms with Gasteiger partial charge in [-0.25, -0.2) is 4.39 Å². The molecule has 0 aliphatic carbocycles. The van der Waals surface area contributed by atoms with Crippen LogP contribution in [0.15, 0.2) is 22.7 Å². The molecule has 20 heavy (non-hydrogen) atoms. The van der Waals surface area contributed by atoms with Gasteiger partial charge in [0.05, 0.1) is 0 Å². The molecule has 1 aliphatic heterocycles. The Kier molecular flexibility index (Phi) is 3.30. The fraction of sp³-hybridized carbons (Fsp3) is 0.467. The van der Waals surface area contributed by atoms with Crippen LogP contribution in [0.4, 0.5) is 4.39 Å². The zero-order valence-electron chi connectivity index (χ0n) is 11.7. The maximum Gasteiger partial charge on any atom is 0.232 e. The van der Waals surface area contributed by atoms with Crippen LogP contribution in [0, 0.1) is 12.7 Å². The molecule has 0 amide bonds. The fourth-order valence-corrected chi connectivity index (χ4v) is 2.64. The van der Waals surface area contributed by atoms with Crippen LogP contribution in [0.25, 0.3) is 11.4 Å². The summed E-state index contributed by atoms with van der Waals surface area (Å²) in [5, 5.41) is 7.34. The first-order valence-electron chi connectivity index (χ1n) is 6.89. The quantitative estimate of drug-likeness (QED) is 0.915. The van der Waals surface area contributed by atoms with E-state index in [4.69, 9.17) is 4.52 Å². The third kappa shape index (κ3) is 2.45. The van der Waals surface area contributed by atoms with Gasteiger partial charge in [0, 0.05) is 11.0 Å². The number of piperidine rings is 1. The number of rotatable bonds is 2. The molecule has 0 saturated carbocycles. The molecule has 1 N–H and O–H groups in total. The molecule has 1 fully saturated rings. The van der Waals surface area contributed by atoms with Crippen LogP contribution in [0.5, 0.6) is 0 Å². The Bertz CT molecular complexity index is 597. The minimum Gasteiger partial charge on any atom is -0.338 e. The molecule has 1 saturated heterocycles. The van der Waals surface area contributed by atoms with Crippen LogP contribution in [0.1, 0.15) is 31.2 Å². The summed E-state index contributed by atoms with van der Waals surface area (Å²) in [7, 11) is 0. The fourth-order valence-electron chi connectivity index (χ4n) is 2.64. The van der Waals surface area contributed by atoms with Gasteiger partial charge in [-0.3, -0.25) is 0 Å². The molecule has 2 heterocycles. The predicted octanol–water partition coefficient (Wildman–Crippen LogP) is 2.83. The molecular weight excluding hydrogens is 257 g/mol. The van der Waals surface area contributed by atoms with Crippen molar-refractivity contribution in [2.45, 2.75) is 32.1 Å². The van der Waals surface area contributed by atoms with E-state index in [-0.39, 0.29) is 11.2 Å². The van der Waals surface area contributed by atoms with Gasteiger partial charge < -0.3 is 9.84 Å². The van der Waals surface area contributed by atoms with Gasteiger partial charge in [-0.1, -0.05) is 12.1 Å². The second-order valence-corrected chi connectivity index (χ2v) is 5.75. The normalized spacial score (nSPS) is 18.1. The van der Waals surface area contributed by atoms with Crippen molar-refractivity contribution in [2.75, 3.05) is 13.1 Å². The highest BCUT2D eigenvalue weighted by molar-refractivity contribution is 5.55. The Balaban J connectivity index is 1.93. The molecule has 1 aromatic heterocycles. The molecule has 2 aromatic rings. The minimum atomic E-state index is -0.278. The number of aryl methyl sites for hydroxylation is 1. The Morgan fingerprint density at radius 2 is 2.00 bits per heavy atom. The first-order chi connectivity index (χ1) is 9.57. The summed E-state index contributed by atoms with van der Waals surface area (Å²) in [6, 6.07) is 4.79. The van der Waals surface area contributed by atoms with E-state index in [0.29, 0.717) is 17.3 Å². The predicted molar refractivity (Wildman–Crippen MR) is 73.9 cm³/mol. The highest BCUT2D eigenvalue weighted by atomic mass is 19.1. The van der Waals surface area contributed by atoms with E-state index in [1.165, 1.54) is 12.1 Å². The van der Waals surface area contributed by atoms with E-state index in [0.717, 1.165) is 31.5 Å². The van der Waals surface area contributed by atoms with E-state index in [9.17, 15) is 4.39 Å². The third-order valence-corrected chi connectivity index (χ3v) is 3.95. The number of aromatic nitrogens is 2. The van der Waals surface area contributed by atoms with Gasteiger partial charge in [0.1, 0.15) is 5.82 Å². The average molecular weight is 275 g/mol. The number of nitrogens with one attached hydrogen (secondary N) is 1. The summed E-state index contributed by atoms with van der Waals surface area (Å²) < 4.78 is 18.9. The Hall–Kier alpha value is -1.75. The van der Waals surface area contributed by atoms with Crippen LogP contribution in [-0.2, 0) is 5.41 Å². The van der Waals surface area contributed by atoms with Crippen molar-refractivity contribution in [3.63, 3.8) is 0 Å². The Morgan fingerprint density at radius 1 is 1.25 bits per heavy atom. The van der Waals surface area contributed by atoms with E-state index in [1.807, 2.05) is 13.0 Å². The standard InChI is InChI=1S/C15H18FN3O/c1-10-7-11(9-12(16)8-10)13-18-14(20-19-13)15(2)3-5-17-6-4-15/h7-9,17H,3-6H2,1-2H3. The van der Waals surface area contributed by atoms with Gasteiger partial charge >= 0.3 is 0 Å². The summed E-state index contributed by atoms with van der Waals surface area (Å²) >= 11 is 0. The van der Waals surface area contributed by atoms with Gasteiger partial charge in [0.15, 0.2) is 0 Å². The summed E-state index contributed by atoms with van der Waals surface area (Å²) in [6.07, 6.45) is 1.94. The van der Waals surface area contributed by atoms with Gasteiger partial charge in [0.25, 0.3) is 0 Å². The van der Waals surface area contributed by atoms with Gasteiger partial charge in [-0.15, -0.1) is 0 Å². The molecule has 0 spiro atoms. The van der Waals surface area contributed by atoms with Crippen LogP contribution >= 0.6 is 0 Å². The third-order valence-electron chi connectivity index (χ3n) is 3.95. The van der Waals surface area contributed by atoms with Crippen molar-refractivity contribution in [1.82, 2.24) is 15.5 Å². The van der Waals surface area contributed by atoms with E-state index >= 15 is 0 Å². The van der Waals surface area contributed by atoms with Crippen molar-refractivity contribution >= 4 is 0 Å². The second-order valence-electron chi connectivity index (χ2n) is 5.75. The SMILES string of the molecule is Cc1cc(F)cc(-c2noc(C3(C)CCNCC3)n2)c1. The van der Waals surface area contributed by atoms with Crippen molar-refractivity contribution in [3.05, 3.63) is 35.5 Å². The monoisotopic (exact) mass is 275 g/mol. The molecule has 0 atom stereocenters. The lowest BCUT2D eigenvalue weighted by molar-refractivity contribution is 0.241. The topological polar surface area (TPSA) is 51.0 Å². The maximum atomic E-state index is 13.5. The highest BCUT2D eigenvalue weighted by Crippen LogP contribution is 2.32. The van der Waals surface area contributed by atoms with E-state index < -0.39 is 0 Å². The minimum absolute atomic E-state index is 0.0845. The van der Waals surface area contributed by atoms with Crippen LogP contribution < -0.4 is 5.32 Å². The van der Waals surface area contributed by atoms with Crippen molar-refractivity contribution in [2.24, 2.45) is 0 Å².